The second-order valence-electron chi connectivity index (χ2n) is 8.21. The summed E-state index contributed by atoms with van der Waals surface area (Å²) < 4.78 is 39.8. The largest absolute Gasteiger partial charge is 0.339 e. The third kappa shape index (κ3) is 6.16. The van der Waals surface area contributed by atoms with Crippen LogP contribution >= 0.6 is 0 Å². The lowest BCUT2D eigenvalue weighted by molar-refractivity contribution is -0.133. The molecule has 0 spiro atoms. The first-order valence-corrected chi connectivity index (χ1v) is 12.1. The predicted molar refractivity (Wildman–Crippen MR) is 124 cm³/mol. The lowest BCUT2D eigenvalue weighted by atomic mass is 10.1. The summed E-state index contributed by atoms with van der Waals surface area (Å²) >= 11 is 0. The molecule has 3 rings (SSSR count). The number of sulfonamides is 1. The number of nitrogens with zero attached hydrogens (tertiary/aromatic N) is 3. The fourth-order valence-electron chi connectivity index (χ4n) is 3.64. The van der Waals surface area contributed by atoms with Crippen molar-refractivity contribution in [3.8, 4) is 0 Å². The molecular formula is C23H29FN4O4S. The number of aryl methyl sites for hydroxylation is 1. The average molecular weight is 477 g/mol. The number of anilines is 1. The van der Waals surface area contributed by atoms with Crippen molar-refractivity contribution < 1.29 is 22.4 Å². The molecule has 178 valence electrons. The number of likely N-dealkylation sites (N-methyl/N-ethyl adjacent to an activating group) is 1. The van der Waals surface area contributed by atoms with E-state index in [2.05, 4.69) is 5.32 Å². The lowest BCUT2D eigenvalue weighted by Gasteiger charge is -2.34. The smallest absolute Gasteiger partial charge is 0.243 e. The molecule has 0 saturated carbocycles. The molecular weight excluding hydrogens is 447 g/mol. The first-order chi connectivity index (χ1) is 15.6. The van der Waals surface area contributed by atoms with E-state index in [1.165, 1.54) is 16.4 Å². The van der Waals surface area contributed by atoms with Crippen molar-refractivity contribution >= 4 is 27.5 Å². The Labute approximate surface area is 194 Å². The number of nitrogens with one attached hydrogen (secondary N) is 1. The Bertz CT molecular complexity index is 1110. The van der Waals surface area contributed by atoms with Gasteiger partial charge in [0, 0.05) is 31.9 Å². The highest BCUT2D eigenvalue weighted by molar-refractivity contribution is 7.89. The second kappa shape index (κ2) is 10.4. The van der Waals surface area contributed by atoms with Crippen LogP contribution in [-0.2, 0) is 19.6 Å². The van der Waals surface area contributed by atoms with Gasteiger partial charge in [0.25, 0.3) is 0 Å². The summed E-state index contributed by atoms with van der Waals surface area (Å²) in [4.78, 5) is 28.3. The highest BCUT2D eigenvalue weighted by Crippen LogP contribution is 2.19. The molecule has 0 aliphatic carbocycles. The highest BCUT2D eigenvalue weighted by atomic mass is 32.2. The summed E-state index contributed by atoms with van der Waals surface area (Å²) in [5, 5.41) is 2.87. The first-order valence-electron chi connectivity index (χ1n) is 10.7. The van der Waals surface area contributed by atoms with Crippen molar-refractivity contribution in [1.82, 2.24) is 14.1 Å². The van der Waals surface area contributed by atoms with Crippen LogP contribution in [0.15, 0.2) is 47.4 Å². The van der Waals surface area contributed by atoms with Gasteiger partial charge in [0.05, 0.1) is 18.0 Å². The fraction of sp³-hybridized carbons (Fsp3) is 0.391. The van der Waals surface area contributed by atoms with Gasteiger partial charge in [-0.05, 0) is 62.4 Å². The van der Waals surface area contributed by atoms with Crippen molar-refractivity contribution in [3.63, 3.8) is 0 Å². The summed E-state index contributed by atoms with van der Waals surface area (Å²) in [6, 6.07) is 10.4. The summed E-state index contributed by atoms with van der Waals surface area (Å²) in [6.45, 7) is 4.83. The minimum Gasteiger partial charge on any atom is -0.339 e. The van der Waals surface area contributed by atoms with E-state index in [9.17, 15) is 22.4 Å². The molecule has 10 heteroatoms. The van der Waals surface area contributed by atoms with E-state index in [1.54, 1.807) is 16.8 Å². The van der Waals surface area contributed by atoms with Crippen LogP contribution in [0.1, 0.15) is 11.1 Å². The zero-order chi connectivity index (χ0) is 24.2. The minimum absolute atomic E-state index is 0.0262. The third-order valence-corrected chi connectivity index (χ3v) is 7.65. The molecule has 1 N–H and O–H groups in total. The molecule has 0 atom stereocenters. The molecule has 2 amide bonds. The molecule has 2 aromatic carbocycles. The van der Waals surface area contributed by atoms with Crippen molar-refractivity contribution in [1.29, 1.82) is 0 Å². The zero-order valence-corrected chi connectivity index (χ0v) is 19.9. The van der Waals surface area contributed by atoms with Crippen molar-refractivity contribution in [2.24, 2.45) is 0 Å². The molecule has 0 radical (unpaired) electrons. The van der Waals surface area contributed by atoms with Crippen LogP contribution in [0.3, 0.4) is 0 Å². The van der Waals surface area contributed by atoms with Gasteiger partial charge in [0.1, 0.15) is 5.82 Å². The van der Waals surface area contributed by atoms with E-state index >= 15 is 0 Å². The Kier molecular flexibility index (Phi) is 7.83. The van der Waals surface area contributed by atoms with Gasteiger partial charge in [-0.15, -0.1) is 0 Å². The van der Waals surface area contributed by atoms with E-state index in [4.69, 9.17) is 0 Å². The predicted octanol–water partition coefficient (Wildman–Crippen LogP) is 1.85. The fourth-order valence-corrected chi connectivity index (χ4v) is 5.06. The molecule has 0 aromatic heterocycles. The van der Waals surface area contributed by atoms with Crippen LogP contribution in [-0.4, -0.2) is 80.7 Å². The van der Waals surface area contributed by atoms with Gasteiger partial charge >= 0.3 is 0 Å². The van der Waals surface area contributed by atoms with Gasteiger partial charge in [-0.3, -0.25) is 14.5 Å². The molecule has 8 nitrogen and oxygen atoms in total. The number of halogens is 1. The average Bonchev–Trinajstić information content (AvgIpc) is 2.77. The second-order valence-corrected chi connectivity index (χ2v) is 10.1. The number of carbonyl (C=O) groups excluding carboxylic acids is 2. The van der Waals surface area contributed by atoms with Gasteiger partial charge in [-0.25, -0.2) is 12.8 Å². The van der Waals surface area contributed by atoms with Crippen molar-refractivity contribution in [3.05, 3.63) is 59.4 Å². The highest BCUT2D eigenvalue weighted by Gasteiger charge is 2.30. The number of amides is 2. The van der Waals surface area contributed by atoms with Crippen molar-refractivity contribution in [2.75, 3.05) is 51.6 Å². The van der Waals surface area contributed by atoms with Crippen LogP contribution in [0.5, 0.6) is 0 Å². The maximum atomic E-state index is 13.1. The standard InChI is InChI=1S/C23H29FN4O4S/c1-17-5-4-6-21(18(17)2)25-22(29)15-26(3)16-23(30)27-11-13-28(14-12-27)33(31,32)20-9-7-19(24)8-10-20/h4-10H,11-16H2,1-3H3,(H,25,29). The Morgan fingerprint density at radius 3 is 2.27 bits per heavy atom. The van der Waals surface area contributed by atoms with Gasteiger partial charge < -0.3 is 10.2 Å². The Balaban J connectivity index is 1.49. The van der Waals surface area contributed by atoms with Crippen molar-refractivity contribution in [2.45, 2.75) is 18.7 Å². The quantitative estimate of drug-likeness (QED) is 0.659. The maximum absolute atomic E-state index is 13.1. The molecule has 1 fully saturated rings. The number of hydrogen-bond acceptors (Lipinski definition) is 5. The van der Waals surface area contributed by atoms with E-state index in [-0.39, 0.29) is 56.0 Å². The Hall–Kier alpha value is -2.82. The summed E-state index contributed by atoms with van der Waals surface area (Å²) in [6.07, 6.45) is 0. The Morgan fingerprint density at radius 2 is 1.64 bits per heavy atom. The van der Waals surface area contributed by atoms with Gasteiger partial charge in [0.2, 0.25) is 21.8 Å². The minimum atomic E-state index is -3.74. The van der Waals surface area contributed by atoms with E-state index in [0.717, 1.165) is 28.9 Å². The molecule has 0 bridgehead atoms. The zero-order valence-electron chi connectivity index (χ0n) is 19.0. The van der Waals surface area contributed by atoms with Crippen LogP contribution in [0.2, 0.25) is 0 Å². The molecule has 0 unspecified atom stereocenters. The van der Waals surface area contributed by atoms with Crippen LogP contribution in [0, 0.1) is 19.7 Å². The summed E-state index contributed by atoms with van der Waals surface area (Å²) in [7, 11) is -2.05. The van der Waals surface area contributed by atoms with Gasteiger partial charge in [-0.1, -0.05) is 12.1 Å². The normalized spacial score (nSPS) is 15.0. The number of carbonyl (C=O) groups is 2. The molecule has 33 heavy (non-hydrogen) atoms. The van der Waals surface area contributed by atoms with E-state index in [1.807, 2.05) is 32.0 Å². The Morgan fingerprint density at radius 1 is 1.00 bits per heavy atom. The van der Waals surface area contributed by atoms with E-state index in [0.29, 0.717) is 0 Å². The molecule has 1 aliphatic heterocycles. The molecule has 1 heterocycles. The molecule has 1 saturated heterocycles. The number of hydrogen-bond donors (Lipinski definition) is 1. The van der Waals surface area contributed by atoms with E-state index < -0.39 is 15.8 Å². The van der Waals surface area contributed by atoms with Crippen LogP contribution < -0.4 is 5.32 Å². The van der Waals surface area contributed by atoms with Gasteiger partial charge in [0.15, 0.2) is 0 Å². The number of piperazine rings is 1. The molecule has 1 aliphatic rings. The lowest BCUT2D eigenvalue weighted by Crippen LogP contribution is -2.52. The van der Waals surface area contributed by atoms with Gasteiger partial charge in [-0.2, -0.15) is 4.31 Å². The topological polar surface area (TPSA) is 90.0 Å². The monoisotopic (exact) mass is 476 g/mol. The maximum Gasteiger partial charge on any atom is 0.243 e. The first kappa shape index (κ1) is 24.8. The van der Waals surface area contributed by atoms with Crippen LogP contribution in [0.25, 0.3) is 0 Å². The third-order valence-electron chi connectivity index (χ3n) is 5.74. The number of benzene rings is 2. The molecule has 2 aromatic rings. The SMILES string of the molecule is Cc1cccc(NC(=O)CN(C)CC(=O)N2CCN(S(=O)(=O)c3ccc(F)cc3)CC2)c1C. The van der Waals surface area contributed by atoms with Crippen LogP contribution in [0.4, 0.5) is 10.1 Å². The summed E-state index contributed by atoms with van der Waals surface area (Å²) in [5.74, 6) is -0.888. The number of rotatable bonds is 7. The summed E-state index contributed by atoms with van der Waals surface area (Å²) in [5.41, 5.74) is 2.83.